The minimum atomic E-state index is -2.12. The van der Waals surface area contributed by atoms with Gasteiger partial charge in [0.1, 0.15) is 0 Å². The van der Waals surface area contributed by atoms with Crippen LogP contribution < -0.4 is 5.73 Å². The Morgan fingerprint density at radius 2 is 1.58 bits per heavy atom. The van der Waals surface area contributed by atoms with Gasteiger partial charge in [-0.05, 0) is 31.6 Å². The average Bonchev–Trinajstić information content (AvgIpc) is 1.51. The summed E-state index contributed by atoms with van der Waals surface area (Å²) in [5.74, 6) is 0. The summed E-state index contributed by atoms with van der Waals surface area (Å²) in [6, 6.07) is 0.100. The van der Waals surface area contributed by atoms with Crippen LogP contribution in [-0.2, 0) is 0 Å². The maximum atomic E-state index is 12.3. The van der Waals surface area contributed by atoms with Gasteiger partial charge in [0.25, 0.3) is 0 Å². The number of hydrogen-bond acceptors (Lipinski definition) is 1. The Balaban J connectivity index is 0.000000720. The number of rotatable bonds is 2. The van der Waals surface area contributed by atoms with Gasteiger partial charge in [0.15, 0.2) is 0 Å². The van der Waals surface area contributed by atoms with Gasteiger partial charge >= 0.3 is 0 Å². The quantitative estimate of drug-likeness (QED) is 0.722. The fourth-order valence-electron chi connectivity index (χ4n) is 2.66. The van der Waals surface area contributed by atoms with E-state index in [1.54, 1.807) is 0 Å². The molecule has 2 bridgehead atoms. The molecule has 0 saturated heterocycles. The maximum absolute atomic E-state index is 12.3. The predicted molar refractivity (Wildman–Crippen MR) is 45.6 cm³/mol. The fourth-order valence-corrected chi connectivity index (χ4v) is 2.66. The van der Waals surface area contributed by atoms with Crippen molar-refractivity contribution < 1.29 is 8.78 Å². The third-order valence-corrected chi connectivity index (χ3v) is 3.54. The Morgan fingerprint density at radius 1 is 1.17 bits per heavy atom. The minimum Gasteiger partial charge on any atom is -0.327 e. The van der Waals surface area contributed by atoms with Crippen molar-refractivity contribution in [2.45, 2.75) is 38.7 Å². The Hall–Kier alpha value is 0.110. The van der Waals surface area contributed by atoms with E-state index in [9.17, 15) is 8.78 Å². The molecule has 0 radical (unpaired) electrons. The molecule has 0 aromatic heterocycles. The van der Waals surface area contributed by atoms with E-state index in [0.29, 0.717) is 19.3 Å². The number of hydrogen-bond donors (Lipinski definition) is 1. The molecule has 72 valence electrons. The van der Waals surface area contributed by atoms with Gasteiger partial charge < -0.3 is 5.73 Å². The molecular weight excluding hydrogens is 184 g/mol. The smallest absolute Gasteiger partial charge is 0.244 e. The van der Waals surface area contributed by atoms with Crippen LogP contribution in [0.15, 0.2) is 0 Å². The number of halogens is 3. The van der Waals surface area contributed by atoms with E-state index in [1.165, 1.54) is 0 Å². The highest BCUT2D eigenvalue weighted by molar-refractivity contribution is 5.85. The molecule has 2 N–H and O–H groups in total. The molecule has 3 aliphatic carbocycles. The zero-order valence-electron chi connectivity index (χ0n) is 7.02. The summed E-state index contributed by atoms with van der Waals surface area (Å²) in [5, 5.41) is 0. The molecule has 3 rings (SSSR count). The summed E-state index contributed by atoms with van der Waals surface area (Å²) < 4.78 is 24.6. The van der Waals surface area contributed by atoms with Crippen molar-refractivity contribution in [3.8, 4) is 0 Å². The first-order valence-corrected chi connectivity index (χ1v) is 4.05. The van der Waals surface area contributed by atoms with Crippen LogP contribution in [0.25, 0.3) is 0 Å². The molecule has 3 aliphatic rings. The van der Waals surface area contributed by atoms with E-state index in [1.807, 2.05) is 6.92 Å². The highest BCUT2D eigenvalue weighted by Gasteiger charge is 2.72. The standard InChI is InChI=1S/C8H13F2N.ClH/c1-5(11)7-2-8(3-7,4-7)6(9)10;/h5-6H,2-4,11H2,1H3;1H/t5-,7?,8?;/m1./s1. The van der Waals surface area contributed by atoms with Crippen molar-refractivity contribution in [2.75, 3.05) is 0 Å². The first kappa shape index (κ1) is 10.2. The molecule has 0 amide bonds. The van der Waals surface area contributed by atoms with Crippen molar-refractivity contribution in [2.24, 2.45) is 16.6 Å². The molecule has 3 fully saturated rings. The lowest BCUT2D eigenvalue weighted by molar-refractivity contribution is -0.273. The molecule has 0 heterocycles. The summed E-state index contributed by atoms with van der Waals surface area (Å²) in [5.41, 5.74) is 5.19. The van der Waals surface area contributed by atoms with E-state index in [4.69, 9.17) is 5.73 Å². The molecule has 1 atom stereocenters. The van der Waals surface area contributed by atoms with Gasteiger partial charge in [0.05, 0.1) is 0 Å². The van der Waals surface area contributed by atoms with Crippen LogP contribution in [0.5, 0.6) is 0 Å². The Morgan fingerprint density at radius 3 is 1.83 bits per heavy atom. The van der Waals surface area contributed by atoms with Crippen molar-refractivity contribution >= 4 is 12.4 Å². The molecular formula is C8H14ClF2N. The lowest BCUT2D eigenvalue weighted by Gasteiger charge is -2.72. The van der Waals surface area contributed by atoms with Crippen molar-refractivity contribution in [1.29, 1.82) is 0 Å². The van der Waals surface area contributed by atoms with Crippen LogP contribution in [-0.4, -0.2) is 12.5 Å². The third-order valence-electron chi connectivity index (χ3n) is 3.54. The molecule has 3 saturated carbocycles. The van der Waals surface area contributed by atoms with E-state index < -0.39 is 11.8 Å². The highest BCUT2D eigenvalue weighted by atomic mass is 35.5. The molecule has 0 aromatic rings. The van der Waals surface area contributed by atoms with Crippen LogP contribution in [0.4, 0.5) is 8.78 Å². The fraction of sp³-hybridized carbons (Fsp3) is 1.00. The molecule has 1 nitrogen and oxygen atoms in total. The van der Waals surface area contributed by atoms with Crippen molar-refractivity contribution in [3.63, 3.8) is 0 Å². The first-order valence-electron chi connectivity index (χ1n) is 4.05. The predicted octanol–water partition coefficient (Wildman–Crippen LogP) is 2.19. The zero-order valence-corrected chi connectivity index (χ0v) is 7.83. The summed E-state index contributed by atoms with van der Waals surface area (Å²) in [7, 11) is 0. The van der Waals surface area contributed by atoms with Gasteiger partial charge in [-0.1, -0.05) is 0 Å². The second kappa shape index (κ2) is 2.55. The van der Waals surface area contributed by atoms with E-state index in [2.05, 4.69) is 0 Å². The van der Waals surface area contributed by atoms with Gasteiger partial charge in [-0.15, -0.1) is 12.4 Å². The van der Waals surface area contributed by atoms with Crippen LogP contribution in [0.1, 0.15) is 26.2 Å². The van der Waals surface area contributed by atoms with Crippen LogP contribution in [0, 0.1) is 10.8 Å². The van der Waals surface area contributed by atoms with E-state index in [-0.39, 0.29) is 23.9 Å². The summed E-state index contributed by atoms with van der Waals surface area (Å²) in [6.45, 7) is 1.93. The second-order valence-corrected chi connectivity index (χ2v) is 4.34. The highest BCUT2D eigenvalue weighted by Crippen LogP contribution is 2.76. The molecule has 0 aliphatic heterocycles. The van der Waals surface area contributed by atoms with Gasteiger partial charge in [0.2, 0.25) is 6.43 Å². The maximum Gasteiger partial charge on any atom is 0.244 e. The monoisotopic (exact) mass is 197 g/mol. The van der Waals surface area contributed by atoms with Gasteiger partial charge in [-0.2, -0.15) is 0 Å². The van der Waals surface area contributed by atoms with Crippen LogP contribution in [0.3, 0.4) is 0 Å². The number of alkyl halides is 2. The average molecular weight is 198 g/mol. The minimum absolute atomic E-state index is 0. The third kappa shape index (κ3) is 0.925. The second-order valence-electron chi connectivity index (χ2n) is 4.34. The van der Waals surface area contributed by atoms with Crippen LogP contribution >= 0.6 is 12.4 Å². The van der Waals surface area contributed by atoms with Crippen molar-refractivity contribution in [1.82, 2.24) is 0 Å². The molecule has 0 spiro atoms. The van der Waals surface area contributed by atoms with Gasteiger partial charge in [-0.25, -0.2) is 8.78 Å². The SMILES string of the molecule is C[C@@H](N)C12CC(C(F)F)(C1)C2.Cl. The Kier molecular flexibility index (Phi) is 2.16. The summed E-state index contributed by atoms with van der Waals surface area (Å²) >= 11 is 0. The summed E-state index contributed by atoms with van der Waals surface area (Å²) in [4.78, 5) is 0. The van der Waals surface area contributed by atoms with E-state index in [0.717, 1.165) is 0 Å². The molecule has 12 heavy (non-hydrogen) atoms. The lowest BCUT2D eigenvalue weighted by atomic mass is 9.33. The zero-order chi connectivity index (χ0) is 8.28. The first-order chi connectivity index (χ1) is 5.01. The van der Waals surface area contributed by atoms with Crippen molar-refractivity contribution in [3.05, 3.63) is 0 Å². The molecule has 4 heteroatoms. The number of nitrogens with two attached hydrogens (primary N) is 1. The summed E-state index contributed by atoms with van der Waals surface area (Å²) in [6.07, 6.45) is -0.136. The van der Waals surface area contributed by atoms with Gasteiger partial charge in [0, 0.05) is 11.5 Å². The van der Waals surface area contributed by atoms with Crippen LogP contribution in [0.2, 0.25) is 0 Å². The normalized spacial score (nSPS) is 45.8. The molecule has 0 aromatic carbocycles. The topological polar surface area (TPSA) is 26.0 Å². The van der Waals surface area contributed by atoms with E-state index >= 15 is 0 Å². The lowest BCUT2D eigenvalue weighted by Crippen LogP contribution is -2.70. The Labute approximate surface area is 77.1 Å². The largest absolute Gasteiger partial charge is 0.327 e. The molecule has 0 unspecified atom stereocenters. The van der Waals surface area contributed by atoms with Gasteiger partial charge in [-0.3, -0.25) is 0 Å². The Bertz CT molecular complexity index is 156.